The molecule has 0 aliphatic carbocycles. The van der Waals surface area contributed by atoms with Gasteiger partial charge >= 0.3 is 5.97 Å². The molecule has 0 atom stereocenters. The number of nitrogens with one attached hydrogen (secondary N) is 1. The molecule has 0 radical (unpaired) electrons. The van der Waals surface area contributed by atoms with Crippen molar-refractivity contribution in [3.63, 3.8) is 0 Å². The van der Waals surface area contributed by atoms with E-state index in [0.717, 1.165) is 0 Å². The van der Waals surface area contributed by atoms with Gasteiger partial charge in [-0.3, -0.25) is 4.79 Å². The maximum Gasteiger partial charge on any atom is 0.344 e. The number of para-hydroxylation sites is 2. The molecule has 1 aromatic heterocycles. The second kappa shape index (κ2) is 8.56. The van der Waals surface area contributed by atoms with Crippen molar-refractivity contribution < 1.29 is 28.3 Å². The SMILES string of the molecule is CCOc1ccccc1NC(=O)COC(=O)COc1cc(C)on1. The standard InChI is InChI=1S/C16H18N2O6/c1-3-21-13-7-5-4-6-12(13)17-14(19)9-23-16(20)10-22-15-8-11(2)24-18-15/h4-8H,3,9-10H2,1-2H3,(H,17,19). The summed E-state index contributed by atoms with van der Waals surface area (Å²) in [6.07, 6.45) is 0. The van der Waals surface area contributed by atoms with E-state index in [-0.39, 0.29) is 12.5 Å². The van der Waals surface area contributed by atoms with Gasteiger partial charge in [-0.2, -0.15) is 0 Å². The van der Waals surface area contributed by atoms with E-state index >= 15 is 0 Å². The molecule has 8 heteroatoms. The molecule has 0 unspecified atom stereocenters. The minimum Gasteiger partial charge on any atom is -0.492 e. The van der Waals surface area contributed by atoms with Crippen molar-refractivity contribution in [2.24, 2.45) is 0 Å². The van der Waals surface area contributed by atoms with Crippen LogP contribution in [0.2, 0.25) is 0 Å². The monoisotopic (exact) mass is 334 g/mol. The zero-order chi connectivity index (χ0) is 17.4. The van der Waals surface area contributed by atoms with Crippen LogP contribution in [0, 0.1) is 6.92 Å². The summed E-state index contributed by atoms with van der Waals surface area (Å²) in [5.41, 5.74) is 0.509. The molecule has 0 aliphatic rings. The van der Waals surface area contributed by atoms with Crippen LogP contribution < -0.4 is 14.8 Å². The number of nitrogens with zero attached hydrogens (tertiary/aromatic N) is 1. The maximum absolute atomic E-state index is 11.8. The molecule has 24 heavy (non-hydrogen) atoms. The molecule has 0 bridgehead atoms. The zero-order valence-corrected chi connectivity index (χ0v) is 13.4. The third-order valence-electron chi connectivity index (χ3n) is 2.77. The van der Waals surface area contributed by atoms with Gasteiger partial charge < -0.3 is 24.1 Å². The Balaban J connectivity index is 1.75. The second-order valence-electron chi connectivity index (χ2n) is 4.70. The Morgan fingerprint density at radius 2 is 2.00 bits per heavy atom. The number of esters is 1. The molecule has 1 heterocycles. The van der Waals surface area contributed by atoms with Gasteiger partial charge in [-0.25, -0.2) is 4.79 Å². The molecule has 0 saturated carbocycles. The normalized spacial score (nSPS) is 10.1. The van der Waals surface area contributed by atoms with Crippen LogP contribution in [0.1, 0.15) is 12.7 Å². The summed E-state index contributed by atoms with van der Waals surface area (Å²) >= 11 is 0. The van der Waals surface area contributed by atoms with Crippen LogP contribution >= 0.6 is 0 Å². The van der Waals surface area contributed by atoms with Crippen molar-refractivity contribution in [2.45, 2.75) is 13.8 Å². The Labute approximate surface area is 138 Å². The van der Waals surface area contributed by atoms with Gasteiger partial charge in [-0.1, -0.05) is 12.1 Å². The molecule has 1 amide bonds. The molecule has 1 N–H and O–H groups in total. The van der Waals surface area contributed by atoms with Crippen molar-refractivity contribution in [3.8, 4) is 11.6 Å². The number of benzene rings is 1. The number of hydrogen-bond acceptors (Lipinski definition) is 7. The van der Waals surface area contributed by atoms with E-state index in [1.165, 1.54) is 6.07 Å². The Morgan fingerprint density at radius 1 is 1.21 bits per heavy atom. The fourth-order valence-electron chi connectivity index (χ4n) is 1.77. The van der Waals surface area contributed by atoms with Crippen molar-refractivity contribution in [1.82, 2.24) is 5.16 Å². The van der Waals surface area contributed by atoms with Crippen LogP contribution in [0.15, 0.2) is 34.9 Å². The number of carbonyl (C=O) groups excluding carboxylic acids is 2. The summed E-state index contributed by atoms with van der Waals surface area (Å²) in [6, 6.07) is 8.52. The van der Waals surface area contributed by atoms with Crippen molar-refractivity contribution in [3.05, 3.63) is 36.1 Å². The van der Waals surface area contributed by atoms with Gasteiger partial charge in [-0.15, -0.1) is 0 Å². The number of amides is 1. The number of rotatable bonds is 8. The third kappa shape index (κ3) is 5.31. The van der Waals surface area contributed by atoms with Crippen LogP contribution in [0.4, 0.5) is 5.69 Å². The topological polar surface area (TPSA) is 99.9 Å². The summed E-state index contributed by atoms with van der Waals surface area (Å²) in [7, 11) is 0. The van der Waals surface area contributed by atoms with E-state index < -0.39 is 18.5 Å². The van der Waals surface area contributed by atoms with Gasteiger partial charge in [0.25, 0.3) is 11.8 Å². The summed E-state index contributed by atoms with van der Waals surface area (Å²) < 4.78 is 20.1. The summed E-state index contributed by atoms with van der Waals surface area (Å²) in [5.74, 6) is 0.117. The van der Waals surface area contributed by atoms with E-state index in [4.69, 9.17) is 18.7 Å². The quantitative estimate of drug-likeness (QED) is 0.736. The van der Waals surface area contributed by atoms with Gasteiger partial charge in [-0.05, 0) is 31.1 Å². The number of hydrogen-bond donors (Lipinski definition) is 1. The lowest BCUT2D eigenvalue weighted by molar-refractivity contribution is -0.149. The highest BCUT2D eigenvalue weighted by atomic mass is 16.6. The second-order valence-corrected chi connectivity index (χ2v) is 4.70. The minimum atomic E-state index is -0.691. The highest BCUT2D eigenvalue weighted by Gasteiger charge is 2.12. The summed E-state index contributed by atoms with van der Waals surface area (Å²) in [6.45, 7) is 3.22. The van der Waals surface area contributed by atoms with Crippen LogP contribution in [0.3, 0.4) is 0 Å². The third-order valence-corrected chi connectivity index (χ3v) is 2.77. The molecular formula is C16H18N2O6. The van der Waals surface area contributed by atoms with E-state index in [1.54, 1.807) is 31.2 Å². The Hall–Kier alpha value is -3.03. The molecule has 8 nitrogen and oxygen atoms in total. The lowest BCUT2D eigenvalue weighted by Gasteiger charge is -2.11. The first-order valence-corrected chi connectivity index (χ1v) is 7.32. The maximum atomic E-state index is 11.8. The number of aromatic nitrogens is 1. The number of ether oxygens (including phenoxy) is 3. The zero-order valence-electron chi connectivity index (χ0n) is 13.4. The molecule has 2 rings (SSSR count). The summed E-state index contributed by atoms with van der Waals surface area (Å²) in [4.78, 5) is 23.4. The van der Waals surface area contributed by atoms with Crippen LogP contribution in [-0.2, 0) is 14.3 Å². The smallest absolute Gasteiger partial charge is 0.344 e. The van der Waals surface area contributed by atoms with Crippen LogP contribution in [0.5, 0.6) is 11.6 Å². The van der Waals surface area contributed by atoms with Crippen molar-refractivity contribution in [1.29, 1.82) is 0 Å². The number of aryl methyl sites for hydroxylation is 1. The van der Waals surface area contributed by atoms with Crippen LogP contribution in [0.25, 0.3) is 0 Å². The van der Waals surface area contributed by atoms with E-state index in [1.807, 2.05) is 6.92 Å². The number of carbonyl (C=O) groups is 2. The lowest BCUT2D eigenvalue weighted by Crippen LogP contribution is -2.24. The molecule has 1 aromatic carbocycles. The van der Waals surface area contributed by atoms with Gasteiger partial charge in [0.2, 0.25) is 0 Å². The molecule has 0 saturated heterocycles. The predicted octanol–water partition coefficient (Wildman–Crippen LogP) is 1.94. The first-order valence-electron chi connectivity index (χ1n) is 7.32. The van der Waals surface area contributed by atoms with Crippen molar-refractivity contribution >= 4 is 17.6 Å². The average molecular weight is 334 g/mol. The summed E-state index contributed by atoms with van der Waals surface area (Å²) in [5, 5.41) is 6.19. The van der Waals surface area contributed by atoms with E-state index in [9.17, 15) is 9.59 Å². The van der Waals surface area contributed by atoms with E-state index in [0.29, 0.717) is 23.8 Å². The first kappa shape index (κ1) is 17.3. The predicted molar refractivity (Wildman–Crippen MR) is 83.9 cm³/mol. The van der Waals surface area contributed by atoms with Crippen LogP contribution in [-0.4, -0.2) is 36.9 Å². The fourth-order valence-corrected chi connectivity index (χ4v) is 1.77. The van der Waals surface area contributed by atoms with Gasteiger partial charge in [0.15, 0.2) is 13.2 Å². The minimum absolute atomic E-state index is 0.180. The first-order chi connectivity index (χ1) is 11.6. The Morgan fingerprint density at radius 3 is 2.71 bits per heavy atom. The number of anilines is 1. The highest BCUT2D eigenvalue weighted by Crippen LogP contribution is 2.23. The molecule has 0 aliphatic heterocycles. The Kier molecular flexibility index (Phi) is 6.18. The van der Waals surface area contributed by atoms with Gasteiger partial charge in [0, 0.05) is 6.07 Å². The van der Waals surface area contributed by atoms with Gasteiger partial charge in [0.05, 0.1) is 12.3 Å². The molecular weight excluding hydrogens is 316 g/mol. The highest BCUT2D eigenvalue weighted by molar-refractivity contribution is 5.94. The van der Waals surface area contributed by atoms with E-state index in [2.05, 4.69) is 10.5 Å². The van der Waals surface area contributed by atoms with Gasteiger partial charge in [0.1, 0.15) is 11.5 Å². The lowest BCUT2D eigenvalue weighted by atomic mass is 10.3. The Bertz CT molecular complexity index is 697. The average Bonchev–Trinajstić information content (AvgIpc) is 2.98. The largest absolute Gasteiger partial charge is 0.492 e. The molecule has 128 valence electrons. The molecule has 0 fully saturated rings. The molecule has 0 spiro atoms. The van der Waals surface area contributed by atoms with Crippen molar-refractivity contribution in [2.75, 3.05) is 25.1 Å². The fraction of sp³-hybridized carbons (Fsp3) is 0.312. The molecule has 2 aromatic rings.